The van der Waals surface area contributed by atoms with Gasteiger partial charge in [0.15, 0.2) is 0 Å². The maximum Gasteiger partial charge on any atom is 0.263 e. The second-order valence-corrected chi connectivity index (χ2v) is 6.41. The molecule has 1 atom stereocenters. The molecule has 0 spiro atoms. The highest BCUT2D eigenvalue weighted by Gasteiger charge is 2.21. The van der Waals surface area contributed by atoms with Crippen molar-refractivity contribution >= 4 is 33.1 Å². The van der Waals surface area contributed by atoms with Gasteiger partial charge in [-0.15, -0.1) is 11.3 Å². The summed E-state index contributed by atoms with van der Waals surface area (Å²) in [6, 6.07) is 0. The van der Waals surface area contributed by atoms with Crippen molar-refractivity contribution in [2.75, 3.05) is 18.9 Å². The zero-order valence-electron chi connectivity index (χ0n) is 12.3. The topological polar surface area (TPSA) is 82.2 Å². The predicted octanol–water partition coefficient (Wildman–Crippen LogP) is 1.82. The molecule has 1 saturated heterocycles. The van der Waals surface area contributed by atoms with Gasteiger partial charge in [0.2, 0.25) is 0 Å². The number of nitrogens with one attached hydrogen (secondary N) is 1. The van der Waals surface area contributed by atoms with Crippen molar-refractivity contribution in [1.29, 1.82) is 0 Å². The number of nitrogen functional groups attached to an aromatic ring is 1. The first-order valence-corrected chi connectivity index (χ1v) is 8.01. The Morgan fingerprint density at radius 1 is 1.62 bits per heavy atom. The van der Waals surface area contributed by atoms with Gasteiger partial charge in [0, 0.05) is 20.2 Å². The molecule has 6 nitrogen and oxygen atoms in total. The molecular weight excluding hydrogens is 288 g/mol. The molecule has 3 N–H and O–H groups in total. The SMILES string of the molecule is Cc1nn(C)c2sc(C(=O)NCCC3CCCO3)c(N)c12. The summed E-state index contributed by atoms with van der Waals surface area (Å²) in [5.74, 6) is -0.105. The van der Waals surface area contributed by atoms with Crippen molar-refractivity contribution in [3.05, 3.63) is 10.6 Å². The fraction of sp³-hybridized carbons (Fsp3) is 0.571. The number of hydrogen-bond acceptors (Lipinski definition) is 5. The molecule has 1 amide bonds. The second kappa shape index (κ2) is 5.65. The van der Waals surface area contributed by atoms with Crippen molar-refractivity contribution in [3.63, 3.8) is 0 Å². The van der Waals surface area contributed by atoms with Crippen LogP contribution in [0.4, 0.5) is 5.69 Å². The van der Waals surface area contributed by atoms with E-state index in [1.807, 2.05) is 14.0 Å². The lowest BCUT2D eigenvalue weighted by Crippen LogP contribution is -2.26. The summed E-state index contributed by atoms with van der Waals surface area (Å²) in [6.07, 6.45) is 3.35. The number of nitrogens with zero attached hydrogens (tertiary/aromatic N) is 2. The summed E-state index contributed by atoms with van der Waals surface area (Å²) >= 11 is 1.39. The molecule has 7 heteroatoms. The number of thiophene rings is 1. The normalized spacial score (nSPS) is 18.5. The first kappa shape index (κ1) is 14.3. The standard InChI is InChI=1S/C14H20N4O2S/c1-8-10-11(15)12(21-14(10)18(2)17-8)13(19)16-6-5-9-4-3-7-20-9/h9H,3-7,15H2,1-2H3,(H,16,19). The quantitative estimate of drug-likeness (QED) is 0.902. The smallest absolute Gasteiger partial charge is 0.263 e. The molecule has 0 radical (unpaired) electrons. The number of aromatic nitrogens is 2. The van der Waals surface area contributed by atoms with Gasteiger partial charge in [-0.2, -0.15) is 5.10 Å². The highest BCUT2D eigenvalue weighted by molar-refractivity contribution is 7.21. The van der Waals surface area contributed by atoms with E-state index in [-0.39, 0.29) is 12.0 Å². The molecular formula is C14H20N4O2S. The van der Waals surface area contributed by atoms with Crippen molar-refractivity contribution < 1.29 is 9.53 Å². The number of fused-ring (bicyclic) bond motifs is 1. The van der Waals surface area contributed by atoms with Crippen LogP contribution in [0.3, 0.4) is 0 Å². The summed E-state index contributed by atoms with van der Waals surface area (Å²) in [7, 11) is 1.87. The number of aryl methyl sites for hydroxylation is 2. The summed E-state index contributed by atoms with van der Waals surface area (Å²) in [6.45, 7) is 3.37. The first-order valence-electron chi connectivity index (χ1n) is 7.19. The Hall–Kier alpha value is -1.60. The van der Waals surface area contributed by atoms with E-state index in [1.54, 1.807) is 4.68 Å². The van der Waals surface area contributed by atoms with Crippen molar-refractivity contribution in [2.45, 2.75) is 32.3 Å². The average molecular weight is 308 g/mol. The number of anilines is 1. The third-order valence-electron chi connectivity index (χ3n) is 3.86. The summed E-state index contributed by atoms with van der Waals surface area (Å²) in [5, 5.41) is 8.16. The van der Waals surface area contributed by atoms with E-state index in [1.165, 1.54) is 11.3 Å². The van der Waals surface area contributed by atoms with Crippen molar-refractivity contribution in [2.24, 2.45) is 7.05 Å². The molecule has 3 heterocycles. The molecule has 1 aliphatic rings. The Morgan fingerprint density at radius 3 is 3.10 bits per heavy atom. The molecule has 114 valence electrons. The van der Waals surface area contributed by atoms with Gasteiger partial charge in [-0.1, -0.05) is 0 Å². The van der Waals surface area contributed by atoms with Crippen LogP contribution in [-0.4, -0.2) is 34.9 Å². The molecule has 0 bridgehead atoms. The molecule has 1 fully saturated rings. The predicted molar refractivity (Wildman–Crippen MR) is 83.7 cm³/mol. The Labute approximate surface area is 127 Å². The fourth-order valence-corrected chi connectivity index (χ4v) is 3.90. The van der Waals surface area contributed by atoms with Crippen LogP contribution in [0.5, 0.6) is 0 Å². The Balaban J connectivity index is 1.69. The monoisotopic (exact) mass is 308 g/mol. The Morgan fingerprint density at radius 2 is 2.43 bits per heavy atom. The summed E-state index contributed by atoms with van der Waals surface area (Å²) < 4.78 is 7.32. The first-order chi connectivity index (χ1) is 10.1. The van der Waals surface area contributed by atoms with E-state index in [2.05, 4.69) is 10.4 Å². The largest absolute Gasteiger partial charge is 0.397 e. The third kappa shape index (κ3) is 2.63. The fourth-order valence-electron chi connectivity index (χ4n) is 2.80. The van der Waals surface area contributed by atoms with Gasteiger partial charge in [0.05, 0.1) is 22.9 Å². The van der Waals surface area contributed by atoms with Gasteiger partial charge in [-0.3, -0.25) is 9.48 Å². The van der Waals surface area contributed by atoms with Crippen LogP contribution in [0.1, 0.15) is 34.6 Å². The van der Waals surface area contributed by atoms with Crippen LogP contribution in [-0.2, 0) is 11.8 Å². The van der Waals surface area contributed by atoms with E-state index in [0.717, 1.165) is 41.8 Å². The van der Waals surface area contributed by atoms with Crippen LogP contribution >= 0.6 is 11.3 Å². The molecule has 2 aromatic heterocycles. The highest BCUT2D eigenvalue weighted by Crippen LogP contribution is 2.35. The van der Waals surface area contributed by atoms with E-state index >= 15 is 0 Å². The molecule has 1 aliphatic heterocycles. The lowest BCUT2D eigenvalue weighted by atomic mass is 10.2. The number of nitrogens with two attached hydrogens (primary N) is 1. The maximum atomic E-state index is 12.3. The van der Waals surface area contributed by atoms with Gasteiger partial charge in [0.25, 0.3) is 5.91 Å². The third-order valence-corrected chi connectivity index (χ3v) is 5.14. The number of carbonyl (C=O) groups is 1. The Kier molecular flexibility index (Phi) is 3.86. The molecule has 1 unspecified atom stereocenters. The zero-order chi connectivity index (χ0) is 15.0. The van der Waals surface area contributed by atoms with Crippen LogP contribution < -0.4 is 11.1 Å². The minimum absolute atomic E-state index is 0.105. The van der Waals surface area contributed by atoms with E-state index in [0.29, 0.717) is 17.1 Å². The summed E-state index contributed by atoms with van der Waals surface area (Å²) in [4.78, 5) is 13.8. The highest BCUT2D eigenvalue weighted by atomic mass is 32.1. The Bertz CT molecular complexity index is 670. The van der Waals surface area contributed by atoms with E-state index < -0.39 is 0 Å². The summed E-state index contributed by atoms with van der Waals surface area (Å²) in [5.41, 5.74) is 7.52. The van der Waals surface area contributed by atoms with Crippen LogP contribution in [0.25, 0.3) is 10.2 Å². The zero-order valence-corrected chi connectivity index (χ0v) is 13.1. The average Bonchev–Trinajstić information content (AvgIpc) is 3.11. The molecule has 3 rings (SSSR count). The minimum Gasteiger partial charge on any atom is -0.397 e. The maximum absolute atomic E-state index is 12.3. The number of amides is 1. The van der Waals surface area contributed by atoms with Crippen LogP contribution in [0, 0.1) is 6.92 Å². The number of hydrogen-bond donors (Lipinski definition) is 2. The number of ether oxygens (including phenoxy) is 1. The molecule has 0 saturated carbocycles. The van der Waals surface area contributed by atoms with Gasteiger partial charge in [-0.25, -0.2) is 0 Å². The van der Waals surface area contributed by atoms with Crippen LogP contribution in [0.15, 0.2) is 0 Å². The lowest BCUT2D eigenvalue weighted by Gasteiger charge is -2.09. The van der Waals surface area contributed by atoms with Crippen LogP contribution in [0.2, 0.25) is 0 Å². The van der Waals surface area contributed by atoms with Crippen molar-refractivity contribution in [1.82, 2.24) is 15.1 Å². The van der Waals surface area contributed by atoms with Gasteiger partial charge >= 0.3 is 0 Å². The number of rotatable bonds is 4. The number of carbonyl (C=O) groups excluding carboxylic acids is 1. The lowest BCUT2D eigenvalue weighted by molar-refractivity contribution is 0.0911. The van der Waals surface area contributed by atoms with E-state index in [9.17, 15) is 4.79 Å². The van der Waals surface area contributed by atoms with Crippen molar-refractivity contribution in [3.8, 4) is 0 Å². The van der Waals surface area contributed by atoms with Gasteiger partial charge in [0.1, 0.15) is 9.71 Å². The molecule has 2 aromatic rings. The molecule has 21 heavy (non-hydrogen) atoms. The molecule has 0 aliphatic carbocycles. The minimum atomic E-state index is -0.105. The van der Waals surface area contributed by atoms with E-state index in [4.69, 9.17) is 10.5 Å². The molecule has 0 aromatic carbocycles. The van der Waals surface area contributed by atoms with Gasteiger partial charge in [-0.05, 0) is 26.2 Å². The second-order valence-electron chi connectivity index (χ2n) is 5.41. The van der Waals surface area contributed by atoms with Gasteiger partial charge < -0.3 is 15.8 Å².